The number of hydrogen-bond acceptors (Lipinski definition) is 2. The Bertz CT molecular complexity index is 125. The van der Waals surface area contributed by atoms with Crippen LogP contribution in [0.3, 0.4) is 0 Å². The summed E-state index contributed by atoms with van der Waals surface area (Å²) in [6.07, 6.45) is -6.86. The fourth-order valence-electron chi connectivity index (χ4n) is 0.260. The highest BCUT2D eigenvalue weighted by Crippen LogP contribution is 2.21. The van der Waals surface area contributed by atoms with Crippen molar-refractivity contribution in [2.24, 2.45) is 0 Å². The van der Waals surface area contributed by atoms with E-state index in [-0.39, 0.29) is 0 Å². The minimum absolute atomic E-state index is 0.835. The lowest BCUT2D eigenvalue weighted by Crippen LogP contribution is -2.28. The fourth-order valence-corrected chi connectivity index (χ4v) is 0.260. The van der Waals surface area contributed by atoms with Gasteiger partial charge in [0.2, 0.25) is 6.10 Å². The number of methoxy groups -OCH3 is 1. The molecular weight excluding hydrogens is 135 g/mol. The summed E-state index contributed by atoms with van der Waals surface area (Å²) < 4.78 is 37.9. The minimum atomic E-state index is -4.57. The number of rotatable bonds is 1. The summed E-state index contributed by atoms with van der Waals surface area (Å²) in [5.74, 6) is 0. The molecule has 1 atom stereocenters. The molecule has 0 bridgehead atoms. The quantitative estimate of drug-likeness (QED) is 0.544. The molecule has 0 aliphatic heterocycles. The smallest absolute Gasteiger partial charge is 0.358 e. The van der Waals surface area contributed by atoms with Crippen LogP contribution in [-0.2, 0) is 4.74 Å². The average Bonchev–Trinajstić information content (AvgIpc) is 1.65. The van der Waals surface area contributed by atoms with Crippen molar-refractivity contribution >= 4 is 0 Å². The van der Waals surface area contributed by atoms with Crippen LogP contribution < -0.4 is 0 Å². The van der Waals surface area contributed by atoms with Crippen molar-refractivity contribution in [2.75, 3.05) is 7.11 Å². The monoisotopic (exact) mass is 139 g/mol. The predicted octanol–water partition coefficient (Wildman–Crippen LogP) is 1.09. The number of alkyl halides is 3. The molecule has 2 nitrogen and oxygen atoms in total. The summed E-state index contributed by atoms with van der Waals surface area (Å²) in [5.41, 5.74) is 0. The first kappa shape index (κ1) is 8.24. The topological polar surface area (TPSA) is 33.0 Å². The molecule has 5 heteroatoms. The Morgan fingerprint density at radius 2 is 2.00 bits per heavy atom. The molecule has 0 fully saturated rings. The summed E-state index contributed by atoms with van der Waals surface area (Å²) in [6, 6.07) is 0.944. The van der Waals surface area contributed by atoms with Gasteiger partial charge in [0.05, 0.1) is 0 Å². The Kier molecular flexibility index (Phi) is 2.46. The Balaban J connectivity index is 4.00. The molecule has 0 amide bonds. The van der Waals surface area contributed by atoms with Crippen LogP contribution in [0.25, 0.3) is 0 Å². The number of nitriles is 1. The Hall–Kier alpha value is -0.760. The molecule has 9 heavy (non-hydrogen) atoms. The van der Waals surface area contributed by atoms with E-state index in [9.17, 15) is 13.2 Å². The first-order valence-electron chi connectivity index (χ1n) is 2.01. The van der Waals surface area contributed by atoms with E-state index < -0.39 is 12.3 Å². The molecule has 1 unspecified atom stereocenters. The van der Waals surface area contributed by atoms with Gasteiger partial charge in [0.25, 0.3) is 0 Å². The second-order valence-electron chi connectivity index (χ2n) is 1.29. The second-order valence-corrected chi connectivity index (χ2v) is 1.29. The Morgan fingerprint density at radius 3 is 2.00 bits per heavy atom. The summed E-state index contributed by atoms with van der Waals surface area (Å²) in [4.78, 5) is 0. The largest absolute Gasteiger partial charge is 0.428 e. The lowest BCUT2D eigenvalue weighted by molar-refractivity contribution is -0.193. The van der Waals surface area contributed by atoms with Crippen LogP contribution in [0.15, 0.2) is 0 Å². The number of halogens is 3. The van der Waals surface area contributed by atoms with Crippen LogP contribution >= 0.6 is 0 Å². The molecule has 0 aromatic heterocycles. The van der Waals surface area contributed by atoms with Crippen LogP contribution in [0.2, 0.25) is 0 Å². The third-order valence-electron chi connectivity index (χ3n) is 0.650. The van der Waals surface area contributed by atoms with Gasteiger partial charge in [0.1, 0.15) is 6.07 Å². The van der Waals surface area contributed by atoms with Gasteiger partial charge in [-0.2, -0.15) is 18.4 Å². The third-order valence-corrected chi connectivity index (χ3v) is 0.650. The first-order valence-corrected chi connectivity index (χ1v) is 2.01. The highest BCUT2D eigenvalue weighted by Gasteiger charge is 2.40. The van der Waals surface area contributed by atoms with Gasteiger partial charge >= 0.3 is 6.18 Å². The van der Waals surface area contributed by atoms with Crippen molar-refractivity contribution < 1.29 is 17.9 Å². The third kappa shape index (κ3) is 2.33. The fraction of sp³-hybridized carbons (Fsp3) is 0.750. The van der Waals surface area contributed by atoms with Gasteiger partial charge in [-0.05, 0) is 0 Å². The van der Waals surface area contributed by atoms with Crippen LogP contribution in [0.5, 0.6) is 0 Å². The molecule has 0 spiro atoms. The molecule has 0 heterocycles. The molecule has 0 aliphatic rings. The maximum absolute atomic E-state index is 11.4. The van der Waals surface area contributed by atoms with Crippen molar-refractivity contribution in [3.8, 4) is 6.07 Å². The van der Waals surface area contributed by atoms with Crippen molar-refractivity contribution in [1.29, 1.82) is 5.26 Å². The number of hydrogen-bond donors (Lipinski definition) is 0. The van der Waals surface area contributed by atoms with Crippen LogP contribution in [0.1, 0.15) is 0 Å². The van der Waals surface area contributed by atoms with Gasteiger partial charge in [0, 0.05) is 7.11 Å². The van der Waals surface area contributed by atoms with Crippen molar-refractivity contribution in [3.63, 3.8) is 0 Å². The van der Waals surface area contributed by atoms with Crippen molar-refractivity contribution in [1.82, 2.24) is 0 Å². The maximum Gasteiger partial charge on any atom is 0.428 e. The van der Waals surface area contributed by atoms with E-state index in [2.05, 4.69) is 4.74 Å². The zero-order valence-electron chi connectivity index (χ0n) is 4.57. The van der Waals surface area contributed by atoms with Gasteiger partial charge in [-0.3, -0.25) is 0 Å². The minimum Gasteiger partial charge on any atom is -0.358 e. The summed E-state index contributed by atoms with van der Waals surface area (Å²) >= 11 is 0. The second kappa shape index (κ2) is 2.69. The molecule has 0 saturated carbocycles. The summed E-state index contributed by atoms with van der Waals surface area (Å²) in [5, 5.41) is 7.77. The Morgan fingerprint density at radius 1 is 1.56 bits per heavy atom. The van der Waals surface area contributed by atoms with Crippen LogP contribution in [0, 0.1) is 11.3 Å². The van der Waals surface area contributed by atoms with E-state index in [1.807, 2.05) is 0 Å². The van der Waals surface area contributed by atoms with Gasteiger partial charge in [-0.15, -0.1) is 0 Å². The molecule has 0 rings (SSSR count). The van der Waals surface area contributed by atoms with E-state index >= 15 is 0 Å². The standard InChI is InChI=1S/C4H4F3NO/c1-9-3(2-8)4(5,6)7/h3H,1H3. The van der Waals surface area contributed by atoms with E-state index in [0.29, 0.717) is 0 Å². The predicted molar refractivity (Wildman–Crippen MR) is 22.5 cm³/mol. The lowest BCUT2D eigenvalue weighted by atomic mass is 10.4. The van der Waals surface area contributed by atoms with Gasteiger partial charge in [-0.25, -0.2) is 0 Å². The van der Waals surface area contributed by atoms with E-state index in [1.165, 1.54) is 0 Å². The highest BCUT2D eigenvalue weighted by atomic mass is 19.4. The van der Waals surface area contributed by atoms with E-state index in [1.54, 1.807) is 0 Å². The van der Waals surface area contributed by atoms with Crippen molar-refractivity contribution in [2.45, 2.75) is 12.3 Å². The molecular formula is C4H4F3NO. The zero-order chi connectivity index (χ0) is 7.49. The first-order chi connectivity index (χ1) is 4.02. The Labute approximate surface area is 49.8 Å². The van der Waals surface area contributed by atoms with Gasteiger partial charge < -0.3 is 4.74 Å². The molecule has 0 aromatic carbocycles. The van der Waals surface area contributed by atoms with Crippen LogP contribution in [0.4, 0.5) is 13.2 Å². The molecule has 0 N–H and O–H groups in total. The maximum atomic E-state index is 11.4. The summed E-state index contributed by atoms with van der Waals surface area (Å²) in [7, 11) is 0.835. The number of ether oxygens (including phenoxy) is 1. The zero-order valence-corrected chi connectivity index (χ0v) is 4.57. The molecule has 0 saturated heterocycles. The average molecular weight is 139 g/mol. The highest BCUT2D eigenvalue weighted by molar-refractivity contribution is 4.89. The normalized spacial score (nSPS) is 14.6. The van der Waals surface area contributed by atoms with Gasteiger partial charge in [-0.1, -0.05) is 0 Å². The van der Waals surface area contributed by atoms with Crippen molar-refractivity contribution in [3.05, 3.63) is 0 Å². The lowest BCUT2D eigenvalue weighted by Gasteiger charge is -2.09. The van der Waals surface area contributed by atoms with Gasteiger partial charge in [0.15, 0.2) is 0 Å². The molecule has 0 aliphatic carbocycles. The molecule has 52 valence electrons. The molecule has 0 radical (unpaired) electrons. The summed E-state index contributed by atoms with van der Waals surface area (Å²) in [6.45, 7) is 0. The van der Waals surface area contributed by atoms with E-state index in [0.717, 1.165) is 13.2 Å². The van der Waals surface area contributed by atoms with E-state index in [4.69, 9.17) is 5.26 Å². The number of nitrogens with zero attached hydrogens (tertiary/aromatic N) is 1. The molecule has 0 aromatic rings. The van der Waals surface area contributed by atoms with Crippen LogP contribution in [-0.4, -0.2) is 19.4 Å². The SMILES string of the molecule is COC(C#N)C(F)(F)F.